The van der Waals surface area contributed by atoms with Gasteiger partial charge in [-0.25, -0.2) is 13.6 Å². The molecule has 2 aromatic carbocycles. The summed E-state index contributed by atoms with van der Waals surface area (Å²) in [6.07, 6.45) is 0.819. The number of benzene rings is 2. The molecule has 7 heteroatoms. The number of hydrogen-bond acceptors (Lipinski definition) is 4. The zero-order chi connectivity index (χ0) is 17.6. The van der Waals surface area contributed by atoms with E-state index in [-0.39, 0.29) is 10.8 Å². The monoisotopic (exact) mass is 364 g/mol. The second-order valence-corrected chi connectivity index (χ2v) is 8.02. The molecule has 1 amide bonds. The molecular formula is C17H20N2O3S2. The number of carbonyl (C=O) groups excluding carboxylic acids is 1. The van der Waals surface area contributed by atoms with Gasteiger partial charge in [-0.15, -0.1) is 11.8 Å². The number of amides is 1. The van der Waals surface area contributed by atoms with Gasteiger partial charge in [-0.3, -0.25) is 4.79 Å². The lowest BCUT2D eigenvalue weighted by atomic mass is 10.1. The molecule has 0 unspecified atom stereocenters. The zero-order valence-electron chi connectivity index (χ0n) is 13.4. The number of thioether (sulfide) groups is 1. The van der Waals surface area contributed by atoms with E-state index in [4.69, 9.17) is 5.14 Å². The molecule has 0 spiro atoms. The fourth-order valence-electron chi connectivity index (χ4n) is 2.10. The van der Waals surface area contributed by atoms with Crippen LogP contribution in [0.2, 0.25) is 0 Å². The second-order valence-electron chi connectivity index (χ2n) is 5.29. The Morgan fingerprint density at radius 2 is 1.88 bits per heavy atom. The number of aryl methyl sites for hydroxylation is 1. The van der Waals surface area contributed by atoms with Crippen LogP contribution in [0.5, 0.6) is 0 Å². The van der Waals surface area contributed by atoms with Gasteiger partial charge < -0.3 is 5.32 Å². The Hall–Kier alpha value is -1.83. The van der Waals surface area contributed by atoms with Crippen molar-refractivity contribution in [3.05, 3.63) is 59.7 Å². The van der Waals surface area contributed by atoms with E-state index >= 15 is 0 Å². The summed E-state index contributed by atoms with van der Waals surface area (Å²) >= 11 is 1.73. The molecule has 0 radical (unpaired) electrons. The smallest absolute Gasteiger partial charge is 0.251 e. The number of rotatable bonds is 7. The largest absolute Gasteiger partial charge is 0.352 e. The first kappa shape index (κ1) is 18.5. The van der Waals surface area contributed by atoms with E-state index in [1.165, 1.54) is 17.0 Å². The average molecular weight is 364 g/mol. The third-order valence-electron chi connectivity index (χ3n) is 3.40. The van der Waals surface area contributed by atoms with Crippen LogP contribution in [-0.2, 0) is 10.0 Å². The van der Waals surface area contributed by atoms with Crippen molar-refractivity contribution in [3.63, 3.8) is 0 Å². The Morgan fingerprint density at radius 3 is 2.54 bits per heavy atom. The van der Waals surface area contributed by atoms with E-state index in [0.29, 0.717) is 17.7 Å². The van der Waals surface area contributed by atoms with Gasteiger partial charge in [-0.2, -0.15) is 0 Å². The SMILES string of the molecule is Cc1ccc(S(N)(=O)=O)cc1C(=O)NCCCSc1ccccc1. The van der Waals surface area contributed by atoms with E-state index in [1.807, 2.05) is 30.3 Å². The van der Waals surface area contributed by atoms with Gasteiger partial charge in [-0.05, 0) is 48.9 Å². The first-order chi connectivity index (χ1) is 11.4. The molecule has 0 saturated carbocycles. The first-order valence-corrected chi connectivity index (χ1v) is 10.0. The molecule has 2 rings (SSSR count). The van der Waals surface area contributed by atoms with Crippen molar-refractivity contribution >= 4 is 27.7 Å². The molecule has 0 bridgehead atoms. The molecule has 24 heavy (non-hydrogen) atoms. The molecule has 128 valence electrons. The lowest BCUT2D eigenvalue weighted by Crippen LogP contribution is -2.26. The molecule has 0 fully saturated rings. The maximum absolute atomic E-state index is 12.2. The topological polar surface area (TPSA) is 89.3 Å². The predicted octanol–water partition coefficient (Wildman–Crippen LogP) is 2.55. The highest BCUT2D eigenvalue weighted by atomic mass is 32.2. The van der Waals surface area contributed by atoms with Crippen LogP contribution in [-0.4, -0.2) is 26.6 Å². The van der Waals surface area contributed by atoms with Crippen LogP contribution < -0.4 is 10.5 Å². The van der Waals surface area contributed by atoms with E-state index < -0.39 is 10.0 Å². The number of primary sulfonamides is 1. The highest BCUT2D eigenvalue weighted by Crippen LogP contribution is 2.17. The minimum absolute atomic E-state index is 0.0575. The highest BCUT2D eigenvalue weighted by molar-refractivity contribution is 7.99. The van der Waals surface area contributed by atoms with Gasteiger partial charge in [0.15, 0.2) is 0 Å². The van der Waals surface area contributed by atoms with Gasteiger partial charge in [0.25, 0.3) is 5.91 Å². The normalized spacial score (nSPS) is 11.2. The van der Waals surface area contributed by atoms with Crippen molar-refractivity contribution in [2.24, 2.45) is 5.14 Å². The summed E-state index contributed by atoms with van der Waals surface area (Å²) in [5.41, 5.74) is 1.04. The van der Waals surface area contributed by atoms with E-state index in [0.717, 1.165) is 12.2 Å². The van der Waals surface area contributed by atoms with Crippen LogP contribution in [0, 0.1) is 6.92 Å². The quantitative estimate of drug-likeness (QED) is 0.584. The van der Waals surface area contributed by atoms with Crippen LogP contribution in [0.25, 0.3) is 0 Å². The minimum atomic E-state index is -3.82. The average Bonchev–Trinajstić information content (AvgIpc) is 2.54. The number of hydrogen-bond donors (Lipinski definition) is 2. The third kappa shape index (κ3) is 5.36. The number of sulfonamides is 1. The van der Waals surface area contributed by atoms with Crippen LogP contribution >= 0.6 is 11.8 Å². The van der Waals surface area contributed by atoms with Gasteiger partial charge in [0.1, 0.15) is 0 Å². The Morgan fingerprint density at radius 1 is 1.17 bits per heavy atom. The highest BCUT2D eigenvalue weighted by Gasteiger charge is 2.14. The standard InChI is InChI=1S/C17H20N2O3S2/c1-13-8-9-15(24(18,21)22)12-16(13)17(20)19-10-5-11-23-14-6-3-2-4-7-14/h2-4,6-9,12H,5,10-11H2,1H3,(H,19,20)(H2,18,21,22). The Bertz CT molecular complexity index is 806. The molecule has 0 atom stereocenters. The maximum atomic E-state index is 12.2. The van der Waals surface area contributed by atoms with Crippen molar-refractivity contribution in [2.45, 2.75) is 23.1 Å². The molecule has 3 N–H and O–H groups in total. The molecule has 5 nitrogen and oxygen atoms in total. The maximum Gasteiger partial charge on any atom is 0.251 e. The molecule has 0 aromatic heterocycles. The van der Waals surface area contributed by atoms with Crippen LogP contribution in [0.15, 0.2) is 58.3 Å². The summed E-state index contributed by atoms with van der Waals surface area (Å²) in [7, 11) is -3.82. The number of nitrogens with two attached hydrogens (primary N) is 1. The molecule has 0 aliphatic carbocycles. The summed E-state index contributed by atoms with van der Waals surface area (Å²) in [5, 5.41) is 7.93. The second kappa shape index (κ2) is 8.32. The summed E-state index contributed by atoms with van der Waals surface area (Å²) in [4.78, 5) is 13.4. The van der Waals surface area contributed by atoms with Crippen LogP contribution in [0.1, 0.15) is 22.3 Å². The predicted molar refractivity (Wildman–Crippen MR) is 96.7 cm³/mol. The summed E-state index contributed by atoms with van der Waals surface area (Å²) in [5.74, 6) is 0.600. The van der Waals surface area contributed by atoms with Gasteiger partial charge in [0.2, 0.25) is 10.0 Å². The van der Waals surface area contributed by atoms with Crippen molar-refractivity contribution in [3.8, 4) is 0 Å². The molecule has 0 heterocycles. The summed E-state index contributed by atoms with van der Waals surface area (Å²) in [6, 6.07) is 14.4. The molecule has 0 aliphatic rings. The summed E-state index contributed by atoms with van der Waals surface area (Å²) < 4.78 is 22.8. The number of carbonyl (C=O) groups is 1. The Balaban J connectivity index is 1.86. The Kier molecular flexibility index (Phi) is 6.42. The van der Waals surface area contributed by atoms with Gasteiger partial charge in [-0.1, -0.05) is 24.3 Å². The van der Waals surface area contributed by atoms with E-state index in [1.54, 1.807) is 24.8 Å². The fraction of sp³-hybridized carbons (Fsp3) is 0.235. The van der Waals surface area contributed by atoms with Gasteiger partial charge in [0.05, 0.1) is 4.90 Å². The van der Waals surface area contributed by atoms with Crippen LogP contribution in [0.4, 0.5) is 0 Å². The lowest BCUT2D eigenvalue weighted by molar-refractivity contribution is 0.0953. The van der Waals surface area contributed by atoms with E-state index in [9.17, 15) is 13.2 Å². The molecule has 0 aliphatic heterocycles. The van der Waals surface area contributed by atoms with Crippen molar-refractivity contribution in [2.75, 3.05) is 12.3 Å². The summed E-state index contributed by atoms with van der Waals surface area (Å²) in [6.45, 7) is 2.28. The molecule has 0 saturated heterocycles. The lowest BCUT2D eigenvalue weighted by Gasteiger charge is -2.09. The van der Waals surface area contributed by atoms with Crippen LogP contribution in [0.3, 0.4) is 0 Å². The molecular weight excluding hydrogens is 344 g/mol. The van der Waals surface area contributed by atoms with E-state index in [2.05, 4.69) is 5.32 Å². The third-order valence-corrected chi connectivity index (χ3v) is 5.41. The van der Waals surface area contributed by atoms with Crippen molar-refractivity contribution in [1.29, 1.82) is 0 Å². The minimum Gasteiger partial charge on any atom is -0.352 e. The number of nitrogens with one attached hydrogen (secondary N) is 1. The van der Waals surface area contributed by atoms with Gasteiger partial charge >= 0.3 is 0 Å². The Labute approximate surface area is 146 Å². The first-order valence-electron chi connectivity index (χ1n) is 7.47. The molecule has 2 aromatic rings. The fourth-order valence-corrected chi connectivity index (χ4v) is 3.51. The zero-order valence-corrected chi connectivity index (χ0v) is 15.0. The van der Waals surface area contributed by atoms with Crippen molar-refractivity contribution < 1.29 is 13.2 Å². The van der Waals surface area contributed by atoms with Crippen molar-refractivity contribution in [1.82, 2.24) is 5.32 Å². The van der Waals surface area contributed by atoms with Gasteiger partial charge in [0, 0.05) is 17.0 Å².